The van der Waals surface area contributed by atoms with Crippen LogP contribution in [0.15, 0.2) is 29.3 Å². The molecular weight excluding hydrogens is 318 g/mol. The topological polar surface area (TPSA) is 127 Å². The zero-order chi connectivity index (χ0) is 15.5. The second kappa shape index (κ2) is 6.01. The van der Waals surface area contributed by atoms with E-state index in [9.17, 15) is 18.5 Å². The molecule has 0 saturated heterocycles. The van der Waals surface area contributed by atoms with E-state index in [2.05, 4.69) is 19.6 Å². The van der Waals surface area contributed by atoms with Crippen LogP contribution >= 0.6 is 11.5 Å². The van der Waals surface area contributed by atoms with Crippen LogP contribution in [-0.2, 0) is 10.0 Å². The second-order valence-electron chi connectivity index (χ2n) is 3.86. The molecule has 0 saturated carbocycles. The van der Waals surface area contributed by atoms with Crippen LogP contribution in [0, 0.1) is 10.1 Å². The zero-order valence-electron chi connectivity index (χ0n) is 10.8. The maximum Gasteiger partial charge on any atom is 0.270 e. The molecule has 11 heteroatoms. The van der Waals surface area contributed by atoms with Gasteiger partial charge in [-0.25, -0.2) is 8.42 Å². The molecule has 2 rings (SSSR count). The van der Waals surface area contributed by atoms with Crippen molar-refractivity contribution in [1.29, 1.82) is 0 Å². The minimum atomic E-state index is -3.98. The molecule has 112 valence electrons. The average Bonchev–Trinajstić information content (AvgIpc) is 2.91. The molecule has 0 spiro atoms. The highest BCUT2D eigenvalue weighted by Crippen LogP contribution is 2.28. The number of hydrogen-bond acceptors (Lipinski definition) is 8. The van der Waals surface area contributed by atoms with Gasteiger partial charge < -0.3 is 5.32 Å². The number of nitrogens with one attached hydrogen (secondary N) is 2. The first-order valence-corrected chi connectivity index (χ1v) is 8.02. The van der Waals surface area contributed by atoms with E-state index in [-0.39, 0.29) is 21.3 Å². The number of sulfonamides is 1. The van der Waals surface area contributed by atoms with E-state index in [1.165, 1.54) is 18.3 Å². The highest BCUT2D eigenvalue weighted by Gasteiger charge is 2.23. The van der Waals surface area contributed by atoms with E-state index in [4.69, 9.17) is 0 Å². The van der Waals surface area contributed by atoms with Gasteiger partial charge in [0.05, 0.1) is 16.8 Å². The summed E-state index contributed by atoms with van der Waals surface area (Å²) in [7, 11) is -3.98. The Balaban J connectivity index is 2.48. The minimum Gasteiger partial charge on any atom is -0.384 e. The third kappa shape index (κ3) is 3.44. The van der Waals surface area contributed by atoms with E-state index in [0.29, 0.717) is 6.54 Å². The van der Waals surface area contributed by atoms with Crippen molar-refractivity contribution in [2.75, 3.05) is 16.6 Å². The predicted molar refractivity (Wildman–Crippen MR) is 78.0 cm³/mol. The van der Waals surface area contributed by atoms with Gasteiger partial charge in [0.2, 0.25) is 0 Å². The molecule has 1 aromatic heterocycles. The van der Waals surface area contributed by atoms with Gasteiger partial charge in [-0.05, 0) is 13.0 Å². The standard InChI is InChI=1S/C10H11N5O4S2/c1-2-11-8-4-3-7(15(16)17)5-9(8)21(18,19)13-10-6-12-14-20-10/h3-6,11,13H,2H2,1H3. The number of anilines is 2. The third-order valence-electron chi connectivity index (χ3n) is 2.43. The summed E-state index contributed by atoms with van der Waals surface area (Å²) in [5, 5.41) is 17.4. The van der Waals surface area contributed by atoms with E-state index in [0.717, 1.165) is 17.6 Å². The van der Waals surface area contributed by atoms with Crippen LogP contribution in [0.1, 0.15) is 6.92 Å². The monoisotopic (exact) mass is 329 g/mol. The van der Waals surface area contributed by atoms with Gasteiger partial charge in [0.1, 0.15) is 9.90 Å². The molecule has 0 aliphatic carbocycles. The van der Waals surface area contributed by atoms with Gasteiger partial charge in [-0.3, -0.25) is 14.8 Å². The number of aromatic nitrogens is 2. The zero-order valence-corrected chi connectivity index (χ0v) is 12.4. The number of benzene rings is 1. The van der Waals surface area contributed by atoms with E-state index >= 15 is 0 Å². The fraction of sp³-hybridized carbons (Fsp3) is 0.200. The van der Waals surface area contributed by atoms with Crippen LogP contribution in [0.4, 0.5) is 16.4 Å². The Morgan fingerprint density at radius 3 is 2.76 bits per heavy atom. The number of nitro groups is 1. The summed E-state index contributed by atoms with van der Waals surface area (Å²) in [6.07, 6.45) is 1.26. The van der Waals surface area contributed by atoms with Crippen molar-refractivity contribution >= 4 is 37.9 Å². The van der Waals surface area contributed by atoms with Crippen LogP contribution in [0.25, 0.3) is 0 Å². The first kappa shape index (κ1) is 15.1. The van der Waals surface area contributed by atoms with Crippen LogP contribution in [-0.4, -0.2) is 29.5 Å². The quantitative estimate of drug-likeness (QED) is 0.609. The molecule has 9 nitrogen and oxygen atoms in total. The fourth-order valence-electron chi connectivity index (χ4n) is 1.58. The van der Waals surface area contributed by atoms with Gasteiger partial charge in [-0.2, -0.15) is 0 Å². The van der Waals surface area contributed by atoms with E-state index < -0.39 is 14.9 Å². The predicted octanol–water partition coefficient (Wildman–Crippen LogP) is 1.68. The Morgan fingerprint density at radius 2 is 2.19 bits per heavy atom. The van der Waals surface area contributed by atoms with Gasteiger partial charge >= 0.3 is 0 Å². The van der Waals surface area contributed by atoms with Gasteiger partial charge in [-0.1, -0.05) is 4.49 Å². The summed E-state index contributed by atoms with van der Waals surface area (Å²) in [5.74, 6) is 0. The molecule has 2 N–H and O–H groups in total. The average molecular weight is 329 g/mol. The molecule has 2 aromatic rings. The summed E-state index contributed by atoms with van der Waals surface area (Å²) in [4.78, 5) is 9.97. The third-order valence-corrected chi connectivity index (χ3v) is 4.54. The molecule has 0 bridgehead atoms. The largest absolute Gasteiger partial charge is 0.384 e. The van der Waals surface area contributed by atoms with Crippen LogP contribution < -0.4 is 10.0 Å². The fourth-order valence-corrected chi connectivity index (χ4v) is 3.47. The Kier molecular flexibility index (Phi) is 4.33. The summed E-state index contributed by atoms with van der Waals surface area (Å²) < 4.78 is 30.5. The maximum atomic E-state index is 12.3. The van der Waals surface area contributed by atoms with E-state index in [1.54, 1.807) is 6.92 Å². The lowest BCUT2D eigenvalue weighted by atomic mass is 10.3. The highest BCUT2D eigenvalue weighted by molar-refractivity contribution is 7.93. The normalized spacial score (nSPS) is 11.1. The van der Waals surface area contributed by atoms with Crippen LogP contribution in [0.3, 0.4) is 0 Å². The Bertz CT molecular complexity index is 745. The Morgan fingerprint density at radius 1 is 1.43 bits per heavy atom. The Labute approximate surface area is 124 Å². The lowest BCUT2D eigenvalue weighted by molar-refractivity contribution is -0.385. The van der Waals surface area contributed by atoms with Crippen LogP contribution in [0.2, 0.25) is 0 Å². The van der Waals surface area contributed by atoms with Crippen molar-refractivity contribution in [3.05, 3.63) is 34.5 Å². The number of nitrogens with zero attached hydrogens (tertiary/aromatic N) is 3. The van der Waals surface area contributed by atoms with Crippen molar-refractivity contribution in [2.45, 2.75) is 11.8 Å². The molecule has 0 atom stereocenters. The van der Waals surface area contributed by atoms with Crippen molar-refractivity contribution < 1.29 is 13.3 Å². The van der Waals surface area contributed by atoms with Crippen molar-refractivity contribution in [1.82, 2.24) is 9.59 Å². The molecule has 21 heavy (non-hydrogen) atoms. The lowest BCUT2D eigenvalue weighted by Gasteiger charge is -2.11. The van der Waals surface area contributed by atoms with Crippen molar-refractivity contribution in [3.63, 3.8) is 0 Å². The van der Waals surface area contributed by atoms with Gasteiger partial charge in [0.15, 0.2) is 0 Å². The number of hydrogen-bond donors (Lipinski definition) is 2. The molecular formula is C10H11N5O4S2. The van der Waals surface area contributed by atoms with Gasteiger partial charge in [0, 0.05) is 30.2 Å². The molecule has 0 aliphatic heterocycles. The molecule has 1 heterocycles. The van der Waals surface area contributed by atoms with Gasteiger partial charge in [-0.15, -0.1) is 5.10 Å². The second-order valence-corrected chi connectivity index (χ2v) is 6.29. The smallest absolute Gasteiger partial charge is 0.270 e. The van der Waals surface area contributed by atoms with Crippen molar-refractivity contribution in [2.24, 2.45) is 0 Å². The summed E-state index contributed by atoms with van der Waals surface area (Å²) in [6.45, 7) is 2.26. The number of rotatable bonds is 6. The first-order valence-electron chi connectivity index (χ1n) is 5.76. The molecule has 0 radical (unpaired) electrons. The number of nitro benzene ring substituents is 1. The maximum absolute atomic E-state index is 12.3. The molecule has 0 amide bonds. The van der Waals surface area contributed by atoms with Gasteiger partial charge in [0.25, 0.3) is 15.7 Å². The van der Waals surface area contributed by atoms with Crippen LogP contribution in [0.5, 0.6) is 0 Å². The van der Waals surface area contributed by atoms with Crippen molar-refractivity contribution in [3.8, 4) is 0 Å². The summed E-state index contributed by atoms with van der Waals surface area (Å²) >= 11 is 0.869. The molecule has 0 aliphatic rings. The lowest BCUT2D eigenvalue weighted by Crippen LogP contribution is -2.15. The molecule has 0 unspecified atom stereocenters. The Hall–Kier alpha value is -2.27. The minimum absolute atomic E-state index is 0.202. The molecule has 0 fully saturated rings. The summed E-state index contributed by atoms with van der Waals surface area (Å²) in [5.41, 5.74) is -0.0208. The molecule has 1 aromatic carbocycles. The first-order chi connectivity index (χ1) is 9.94. The summed E-state index contributed by atoms with van der Waals surface area (Å²) in [6, 6.07) is 3.61. The van der Waals surface area contributed by atoms with E-state index in [1.807, 2.05) is 0 Å². The highest BCUT2D eigenvalue weighted by atomic mass is 32.2. The SMILES string of the molecule is CCNc1ccc([N+](=O)[O-])cc1S(=O)(=O)Nc1cnns1. The number of non-ortho nitro benzene ring substituents is 1.